The lowest BCUT2D eigenvalue weighted by Crippen LogP contribution is -2.44. The topological polar surface area (TPSA) is 92.4 Å². The molecule has 1 aromatic carbocycles. The Morgan fingerprint density at radius 3 is 2.64 bits per heavy atom. The summed E-state index contributed by atoms with van der Waals surface area (Å²) in [6, 6.07) is 7.37. The summed E-state index contributed by atoms with van der Waals surface area (Å²) in [4.78, 5) is 17.4. The van der Waals surface area contributed by atoms with E-state index in [-0.39, 0.29) is 17.3 Å². The summed E-state index contributed by atoms with van der Waals surface area (Å²) in [6.45, 7) is 5.98. The van der Waals surface area contributed by atoms with E-state index in [0.29, 0.717) is 17.2 Å². The second-order valence-electron chi connectivity index (χ2n) is 8.48. The number of likely N-dealkylation sites (N-methyl/N-ethyl adjacent to an activating group) is 1. The molecule has 2 aromatic heterocycles. The van der Waals surface area contributed by atoms with E-state index in [2.05, 4.69) is 37.1 Å². The number of halogens is 1. The van der Waals surface area contributed by atoms with E-state index >= 15 is 0 Å². The van der Waals surface area contributed by atoms with Gasteiger partial charge in [0.1, 0.15) is 17.8 Å². The maximum Gasteiger partial charge on any atom is 0.248 e. The number of benzene rings is 1. The molecule has 9 heteroatoms. The van der Waals surface area contributed by atoms with Crippen LogP contribution in [0.4, 0.5) is 27.4 Å². The van der Waals surface area contributed by atoms with Crippen molar-refractivity contribution >= 4 is 29.1 Å². The number of fused-ring (bicyclic) bond motifs is 1. The smallest absolute Gasteiger partial charge is 0.248 e. The van der Waals surface area contributed by atoms with Crippen LogP contribution in [0.3, 0.4) is 0 Å². The number of piperazine rings is 1. The molecule has 0 saturated carbocycles. The van der Waals surface area contributed by atoms with E-state index in [1.807, 2.05) is 37.4 Å². The Hall–Kier alpha value is -3.72. The average molecular weight is 448 g/mol. The third-order valence-corrected chi connectivity index (χ3v) is 6.01. The molecule has 1 aliphatic heterocycles. The van der Waals surface area contributed by atoms with E-state index in [4.69, 9.17) is 10.5 Å². The number of pyridine rings is 1. The van der Waals surface area contributed by atoms with Crippen LogP contribution in [0.5, 0.6) is 11.6 Å². The van der Waals surface area contributed by atoms with Gasteiger partial charge in [-0.25, -0.2) is 14.4 Å². The van der Waals surface area contributed by atoms with Gasteiger partial charge in [-0.3, -0.25) is 0 Å². The predicted molar refractivity (Wildman–Crippen MR) is 128 cm³/mol. The second-order valence-corrected chi connectivity index (χ2v) is 8.48. The summed E-state index contributed by atoms with van der Waals surface area (Å²) in [7, 11) is 2.13. The second kappa shape index (κ2) is 8.67. The van der Waals surface area contributed by atoms with Crippen molar-refractivity contribution in [2.45, 2.75) is 13.3 Å². The molecule has 3 aromatic rings. The van der Waals surface area contributed by atoms with Gasteiger partial charge in [0.15, 0.2) is 17.4 Å². The van der Waals surface area contributed by atoms with Crippen LogP contribution in [-0.2, 0) is 6.42 Å². The van der Waals surface area contributed by atoms with Crippen LogP contribution in [-0.4, -0.2) is 53.1 Å². The summed E-state index contributed by atoms with van der Waals surface area (Å²) in [5, 5.41) is 3.10. The third kappa shape index (κ3) is 4.31. The molecule has 0 radical (unpaired) electrons. The number of aromatic nitrogens is 3. The molecule has 0 spiro atoms. The fourth-order valence-electron chi connectivity index (χ4n) is 4.10. The molecule has 1 saturated heterocycles. The number of nitrogens with two attached hydrogens (primary N) is 1. The maximum absolute atomic E-state index is 14.9. The van der Waals surface area contributed by atoms with Crippen LogP contribution in [0.15, 0.2) is 42.4 Å². The first-order chi connectivity index (χ1) is 16.0. The standard InChI is InChI=1S/C24H26FN7O/c1-15-11-16-3-5-19(21(25)18(16)12-15)33-24-22(26)23(28-14-29-24)30-20-6-4-17(13-27-20)32-9-7-31(2)8-10-32/h3-6,12-14H,7-11,26H2,1-2H3,(H,27,28,29,30). The van der Waals surface area contributed by atoms with Crippen molar-refractivity contribution in [3.8, 4) is 11.6 Å². The Labute approximate surface area is 191 Å². The lowest BCUT2D eigenvalue weighted by molar-refractivity contribution is 0.313. The fraction of sp³-hybridized carbons (Fsp3) is 0.292. The van der Waals surface area contributed by atoms with Gasteiger partial charge in [-0.1, -0.05) is 17.7 Å². The summed E-state index contributed by atoms with van der Waals surface area (Å²) < 4.78 is 20.7. The Balaban J connectivity index is 1.32. The molecule has 0 unspecified atom stereocenters. The number of ether oxygens (including phenoxy) is 1. The zero-order valence-electron chi connectivity index (χ0n) is 18.7. The molecule has 5 rings (SSSR count). The maximum atomic E-state index is 14.9. The first-order valence-corrected chi connectivity index (χ1v) is 10.9. The van der Waals surface area contributed by atoms with Crippen LogP contribution >= 0.6 is 0 Å². The van der Waals surface area contributed by atoms with Crippen molar-refractivity contribution in [2.75, 3.05) is 49.2 Å². The van der Waals surface area contributed by atoms with Crippen molar-refractivity contribution in [1.29, 1.82) is 0 Å². The van der Waals surface area contributed by atoms with Crippen molar-refractivity contribution in [1.82, 2.24) is 19.9 Å². The zero-order chi connectivity index (χ0) is 22.9. The van der Waals surface area contributed by atoms with E-state index in [1.165, 1.54) is 6.33 Å². The van der Waals surface area contributed by atoms with E-state index in [1.54, 1.807) is 6.07 Å². The highest BCUT2D eigenvalue weighted by molar-refractivity contribution is 5.72. The lowest BCUT2D eigenvalue weighted by Gasteiger charge is -2.33. The van der Waals surface area contributed by atoms with Crippen molar-refractivity contribution in [2.24, 2.45) is 0 Å². The summed E-state index contributed by atoms with van der Waals surface area (Å²) in [5.74, 6) is 0.675. The third-order valence-electron chi connectivity index (χ3n) is 6.01. The average Bonchev–Trinajstić information content (AvgIpc) is 3.20. The van der Waals surface area contributed by atoms with E-state index < -0.39 is 5.82 Å². The zero-order valence-corrected chi connectivity index (χ0v) is 18.7. The number of rotatable bonds is 5. The molecule has 8 nitrogen and oxygen atoms in total. The molecule has 33 heavy (non-hydrogen) atoms. The van der Waals surface area contributed by atoms with E-state index in [9.17, 15) is 4.39 Å². The monoisotopic (exact) mass is 447 g/mol. The molecule has 2 aliphatic rings. The first kappa shape index (κ1) is 21.1. The van der Waals surface area contributed by atoms with Crippen molar-refractivity contribution in [3.63, 3.8) is 0 Å². The largest absolute Gasteiger partial charge is 0.434 e. The van der Waals surface area contributed by atoms with E-state index in [0.717, 1.165) is 49.4 Å². The molecule has 1 aliphatic carbocycles. The number of anilines is 4. The highest BCUT2D eigenvalue weighted by Crippen LogP contribution is 2.36. The minimum atomic E-state index is -0.418. The molecule has 170 valence electrons. The number of hydrogen-bond acceptors (Lipinski definition) is 8. The minimum Gasteiger partial charge on any atom is -0.434 e. The lowest BCUT2D eigenvalue weighted by atomic mass is 10.1. The number of nitrogens with one attached hydrogen (secondary N) is 1. The van der Waals surface area contributed by atoms with Gasteiger partial charge in [-0.15, -0.1) is 0 Å². The van der Waals surface area contributed by atoms with Gasteiger partial charge in [0, 0.05) is 31.7 Å². The van der Waals surface area contributed by atoms with Gasteiger partial charge in [-0.05, 0) is 44.2 Å². The number of hydrogen-bond donors (Lipinski definition) is 2. The normalized spacial score (nSPS) is 15.8. The molecule has 0 amide bonds. The molecular weight excluding hydrogens is 421 g/mol. The highest BCUT2D eigenvalue weighted by Gasteiger charge is 2.20. The Morgan fingerprint density at radius 1 is 1.06 bits per heavy atom. The molecule has 1 fully saturated rings. The van der Waals surface area contributed by atoms with Gasteiger partial charge < -0.3 is 25.6 Å². The number of nitrogens with zero attached hydrogens (tertiary/aromatic N) is 5. The molecule has 0 bridgehead atoms. The molecule has 3 heterocycles. The Bertz CT molecular complexity index is 1200. The Kier molecular flexibility index (Phi) is 5.55. The Morgan fingerprint density at radius 2 is 1.88 bits per heavy atom. The van der Waals surface area contributed by atoms with Crippen molar-refractivity contribution in [3.05, 3.63) is 59.3 Å². The minimum absolute atomic E-state index is 0.0747. The predicted octanol–water partition coefficient (Wildman–Crippen LogP) is 3.84. The van der Waals surface area contributed by atoms with Crippen LogP contribution < -0.4 is 20.7 Å². The number of allylic oxidation sites excluding steroid dienone is 1. The van der Waals surface area contributed by atoms with Crippen LogP contribution in [0.25, 0.3) is 6.08 Å². The van der Waals surface area contributed by atoms with Gasteiger partial charge in [-0.2, -0.15) is 4.98 Å². The quantitative estimate of drug-likeness (QED) is 0.610. The van der Waals surface area contributed by atoms with Gasteiger partial charge in [0.05, 0.1) is 11.9 Å². The molecular formula is C24H26FN7O. The summed E-state index contributed by atoms with van der Waals surface area (Å²) in [5.41, 5.74) is 10.1. The summed E-state index contributed by atoms with van der Waals surface area (Å²) in [6.07, 6.45) is 5.74. The fourth-order valence-corrected chi connectivity index (χ4v) is 4.10. The highest BCUT2D eigenvalue weighted by atomic mass is 19.1. The van der Waals surface area contributed by atoms with Crippen LogP contribution in [0.2, 0.25) is 0 Å². The van der Waals surface area contributed by atoms with Gasteiger partial charge in [0.25, 0.3) is 0 Å². The van der Waals surface area contributed by atoms with Gasteiger partial charge in [0.2, 0.25) is 5.88 Å². The van der Waals surface area contributed by atoms with Crippen molar-refractivity contribution < 1.29 is 9.13 Å². The first-order valence-electron chi connectivity index (χ1n) is 10.9. The van der Waals surface area contributed by atoms with Crippen LogP contribution in [0.1, 0.15) is 18.1 Å². The van der Waals surface area contributed by atoms with Gasteiger partial charge >= 0.3 is 0 Å². The molecule has 3 N–H and O–H groups in total. The summed E-state index contributed by atoms with van der Waals surface area (Å²) >= 11 is 0. The van der Waals surface area contributed by atoms with Crippen LogP contribution in [0, 0.1) is 5.82 Å². The number of nitrogen functional groups attached to an aromatic ring is 1. The molecule has 0 atom stereocenters. The SMILES string of the molecule is CC1=Cc2c(ccc(Oc3ncnc(Nc4ccc(N5CCN(C)CC5)cn4)c3N)c2F)C1.